The predicted molar refractivity (Wildman–Crippen MR) is 71.3 cm³/mol. The monoisotopic (exact) mass is 266 g/mol. The highest BCUT2D eigenvalue weighted by molar-refractivity contribution is 6.33. The quantitative estimate of drug-likeness (QED) is 0.850. The molecular weight excluding hydrogens is 252 g/mol. The summed E-state index contributed by atoms with van der Waals surface area (Å²) in [6.45, 7) is 0.828. The van der Waals surface area contributed by atoms with E-state index in [9.17, 15) is 9.59 Å². The van der Waals surface area contributed by atoms with Gasteiger partial charge < -0.3 is 10.2 Å². The summed E-state index contributed by atoms with van der Waals surface area (Å²) in [5.74, 6) is 0.0167. The normalized spacial score (nSPS) is 18.8. The minimum Gasteiger partial charge on any atom is -0.359 e. The van der Waals surface area contributed by atoms with Crippen molar-refractivity contribution in [3.63, 3.8) is 0 Å². The third-order valence-electron chi connectivity index (χ3n) is 3.24. The summed E-state index contributed by atoms with van der Waals surface area (Å²) in [7, 11) is 1.64. The molecule has 1 unspecified atom stereocenters. The van der Waals surface area contributed by atoms with E-state index < -0.39 is 0 Å². The standard InChI is InChI=1S/C13H15ClN2O2/c1-15-13(18)12-3-2-6-16(12)10-5-4-9(8-17)11(14)7-10/h4-5,7-8,12H,2-3,6H2,1H3,(H,15,18). The molecule has 0 saturated carbocycles. The molecule has 0 aromatic heterocycles. The number of nitrogens with zero attached hydrogens (tertiary/aromatic N) is 1. The number of rotatable bonds is 3. The zero-order valence-electron chi connectivity index (χ0n) is 10.1. The van der Waals surface area contributed by atoms with E-state index in [-0.39, 0.29) is 11.9 Å². The van der Waals surface area contributed by atoms with Crippen LogP contribution in [-0.2, 0) is 4.79 Å². The molecule has 0 radical (unpaired) electrons. The molecule has 0 aliphatic carbocycles. The van der Waals surface area contributed by atoms with E-state index in [0.717, 1.165) is 31.4 Å². The van der Waals surface area contributed by atoms with Gasteiger partial charge in [-0.15, -0.1) is 0 Å². The van der Waals surface area contributed by atoms with Crippen molar-refractivity contribution in [2.24, 2.45) is 0 Å². The number of hydrogen-bond donors (Lipinski definition) is 1. The molecule has 1 fully saturated rings. The van der Waals surface area contributed by atoms with Gasteiger partial charge in [0, 0.05) is 24.8 Å². The Morgan fingerprint density at radius 2 is 2.33 bits per heavy atom. The van der Waals surface area contributed by atoms with Crippen molar-refractivity contribution in [3.05, 3.63) is 28.8 Å². The Morgan fingerprint density at radius 3 is 2.94 bits per heavy atom. The number of likely N-dealkylation sites (N-methyl/N-ethyl adjacent to an activating group) is 1. The smallest absolute Gasteiger partial charge is 0.242 e. The first kappa shape index (κ1) is 12.9. The van der Waals surface area contributed by atoms with Crippen LogP contribution < -0.4 is 10.2 Å². The number of nitrogens with one attached hydrogen (secondary N) is 1. The number of halogens is 1. The van der Waals surface area contributed by atoms with Gasteiger partial charge in [0.1, 0.15) is 6.04 Å². The van der Waals surface area contributed by atoms with Crippen LogP contribution in [0.1, 0.15) is 23.2 Å². The van der Waals surface area contributed by atoms with Crippen molar-refractivity contribution in [3.8, 4) is 0 Å². The first-order valence-corrected chi connectivity index (χ1v) is 6.28. The Kier molecular flexibility index (Phi) is 3.87. The lowest BCUT2D eigenvalue weighted by Gasteiger charge is -2.25. The molecule has 1 amide bonds. The van der Waals surface area contributed by atoms with Crippen LogP contribution in [0.2, 0.25) is 5.02 Å². The maximum Gasteiger partial charge on any atom is 0.242 e. The molecule has 5 heteroatoms. The van der Waals surface area contributed by atoms with E-state index in [1.807, 2.05) is 11.0 Å². The average Bonchev–Trinajstić information content (AvgIpc) is 2.86. The molecule has 1 saturated heterocycles. The van der Waals surface area contributed by atoms with Gasteiger partial charge in [-0.2, -0.15) is 0 Å². The van der Waals surface area contributed by atoms with Crippen molar-refractivity contribution < 1.29 is 9.59 Å². The molecule has 1 heterocycles. The number of benzene rings is 1. The minimum atomic E-state index is -0.145. The van der Waals surface area contributed by atoms with Crippen molar-refractivity contribution >= 4 is 29.5 Å². The summed E-state index contributed by atoms with van der Waals surface area (Å²) < 4.78 is 0. The second-order valence-electron chi connectivity index (χ2n) is 4.29. The fourth-order valence-electron chi connectivity index (χ4n) is 2.31. The second-order valence-corrected chi connectivity index (χ2v) is 4.70. The number of anilines is 1. The van der Waals surface area contributed by atoms with Gasteiger partial charge in [-0.25, -0.2) is 0 Å². The van der Waals surface area contributed by atoms with Gasteiger partial charge in [-0.3, -0.25) is 9.59 Å². The first-order valence-electron chi connectivity index (χ1n) is 5.90. The van der Waals surface area contributed by atoms with Gasteiger partial charge in [-0.05, 0) is 31.0 Å². The van der Waals surface area contributed by atoms with E-state index in [0.29, 0.717) is 10.6 Å². The molecule has 4 nitrogen and oxygen atoms in total. The molecule has 1 aliphatic rings. The lowest BCUT2D eigenvalue weighted by atomic mass is 10.1. The number of amides is 1. The van der Waals surface area contributed by atoms with E-state index >= 15 is 0 Å². The number of aldehydes is 1. The summed E-state index contributed by atoms with van der Waals surface area (Å²) in [4.78, 5) is 24.5. The Morgan fingerprint density at radius 1 is 1.56 bits per heavy atom. The Balaban J connectivity index is 2.27. The summed E-state index contributed by atoms with van der Waals surface area (Å²) in [5, 5.41) is 3.10. The Labute approximate surface area is 111 Å². The van der Waals surface area contributed by atoms with Crippen molar-refractivity contribution in [2.75, 3.05) is 18.5 Å². The van der Waals surface area contributed by atoms with Crippen LogP contribution in [0.3, 0.4) is 0 Å². The van der Waals surface area contributed by atoms with Gasteiger partial charge in [-0.1, -0.05) is 11.6 Å². The van der Waals surface area contributed by atoms with Gasteiger partial charge in [0.25, 0.3) is 0 Å². The van der Waals surface area contributed by atoms with Gasteiger partial charge in [0.05, 0.1) is 5.02 Å². The largest absolute Gasteiger partial charge is 0.359 e. The molecule has 18 heavy (non-hydrogen) atoms. The highest BCUT2D eigenvalue weighted by Gasteiger charge is 2.30. The van der Waals surface area contributed by atoms with Gasteiger partial charge >= 0.3 is 0 Å². The topological polar surface area (TPSA) is 49.4 Å². The molecule has 1 atom stereocenters. The SMILES string of the molecule is CNC(=O)C1CCCN1c1ccc(C=O)c(Cl)c1. The lowest BCUT2D eigenvalue weighted by molar-refractivity contribution is -0.121. The van der Waals surface area contributed by atoms with Gasteiger partial charge in [0.15, 0.2) is 6.29 Å². The molecule has 1 aromatic carbocycles. The Bertz CT molecular complexity index is 476. The third kappa shape index (κ3) is 2.34. The third-order valence-corrected chi connectivity index (χ3v) is 3.57. The van der Waals surface area contributed by atoms with Crippen LogP contribution in [-0.4, -0.2) is 31.8 Å². The first-order chi connectivity index (χ1) is 8.67. The fraction of sp³-hybridized carbons (Fsp3) is 0.385. The van der Waals surface area contributed by atoms with Crippen molar-refractivity contribution in [2.45, 2.75) is 18.9 Å². The summed E-state index contributed by atoms with van der Waals surface area (Å²) in [5.41, 5.74) is 1.35. The molecule has 0 spiro atoms. The van der Waals surface area contributed by atoms with Crippen molar-refractivity contribution in [1.82, 2.24) is 5.32 Å². The number of hydrogen-bond acceptors (Lipinski definition) is 3. The zero-order valence-corrected chi connectivity index (χ0v) is 10.9. The van der Waals surface area contributed by atoms with Crippen LogP contribution >= 0.6 is 11.6 Å². The predicted octanol–water partition coefficient (Wildman–Crippen LogP) is 1.87. The molecule has 0 bridgehead atoms. The molecule has 1 aliphatic heterocycles. The summed E-state index contributed by atoms with van der Waals surface area (Å²) in [6.07, 6.45) is 2.55. The molecule has 1 N–H and O–H groups in total. The number of carbonyl (C=O) groups is 2. The van der Waals surface area contributed by atoms with Gasteiger partial charge in [0.2, 0.25) is 5.91 Å². The maximum atomic E-state index is 11.8. The van der Waals surface area contributed by atoms with E-state index in [4.69, 9.17) is 11.6 Å². The van der Waals surface area contributed by atoms with E-state index in [1.54, 1.807) is 19.2 Å². The van der Waals surface area contributed by atoms with Crippen LogP contribution in [0, 0.1) is 0 Å². The fourth-order valence-corrected chi connectivity index (χ4v) is 2.52. The minimum absolute atomic E-state index is 0.0167. The van der Waals surface area contributed by atoms with Crippen molar-refractivity contribution in [1.29, 1.82) is 0 Å². The Hall–Kier alpha value is -1.55. The van der Waals surface area contributed by atoms with E-state index in [2.05, 4.69) is 5.32 Å². The molecule has 96 valence electrons. The van der Waals surface area contributed by atoms with E-state index in [1.165, 1.54) is 0 Å². The average molecular weight is 267 g/mol. The summed E-state index contributed by atoms with van der Waals surface area (Å²) >= 11 is 6.01. The molecule has 1 aromatic rings. The van der Waals surface area contributed by atoms with Crippen LogP contribution in [0.15, 0.2) is 18.2 Å². The second kappa shape index (κ2) is 5.40. The summed E-state index contributed by atoms with van der Waals surface area (Å²) in [6, 6.07) is 5.11. The zero-order chi connectivity index (χ0) is 13.1. The van der Waals surface area contributed by atoms with Crippen LogP contribution in [0.5, 0.6) is 0 Å². The van der Waals surface area contributed by atoms with Crippen LogP contribution in [0.4, 0.5) is 5.69 Å². The lowest BCUT2D eigenvalue weighted by Crippen LogP contribution is -2.42. The maximum absolute atomic E-state index is 11.8. The number of carbonyl (C=O) groups excluding carboxylic acids is 2. The van der Waals surface area contributed by atoms with Crippen LogP contribution in [0.25, 0.3) is 0 Å². The highest BCUT2D eigenvalue weighted by Crippen LogP contribution is 2.29. The highest BCUT2D eigenvalue weighted by atomic mass is 35.5. The molecular formula is C13H15ClN2O2. The molecule has 2 rings (SSSR count).